The Hall–Kier alpha value is -0.950. The zero-order valence-electron chi connectivity index (χ0n) is 13.1. The second-order valence-corrected chi connectivity index (χ2v) is 8.04. The number of hydrogen-bond donors (Lipinski definition) is 0. The van der Waals surface area contributed by atoms with Gasteiger partial charge in [-0.1, -0.05) is 12.1 Å². The molecule has 1 heterocycles. The van der Waals surface area contributed by atoms with Gasteiger partial charge in [0.05, 0.1) is 17.1 Å². The van der Waals surface area contributed by atoms with Gasteiger partial charge in [-0.2, -0.15) is 0 Å². The highest BCUT2D eigenvalue weighted by atomic mass is 32.2. The monoisotopic (exact) mass is 312 g/mol. The zero-order valence-corrected chi connectivity index (χ0v) is 13.9. The molecule has 1 saturated heterocycles. The maximum atomic E-state index is 12.2. The van der Waals surface area contributed by atoms with Crippen LogP contribution in [0.5, 0.6) is 0 Å². The van der Waals surface area contributed by atoms with Crippen molar-refractivity contribution in [1.82, 2.24) is 9.21 Å². The summed E-state index contributed by atoms with van der Waals surface area (Å²) in [4.78, 5) is 2.65. The Morgan fingerprint density at radius 1 is 1.24 bits per heavy atom. The first kappa shape index (κ1) is 16.4. The van der Waals surface area contributed by atoms with E-state index in [0.29, 0.717) is 4.90 Å². The Balaban J connectivity index is 2.15. The highest BCUT2D eigenvalue weighted by molar-refractivity contribution is 7.89. The molecule has 0 amide bonds. The van der Waals surface area contributed by atoms with Crippen molar-refractivity contribution < 1.29 is 13.2 Å². The van der Waals surface area contributed by atoms with Gasteiger partial charge in [0.1, 0.15) is 0 Å². The van der Waals surface area contributed by atoms with Crippen LogP contribution in [0.2, 0.25) is 0 Å². The molecule has 5 nitrogen and oxygen atoms in total. The van der Waals surface area contributed by atoms with Crippen LogP contribution in [0.25, 0.3) is 0 Å². The fourth-order valence-electron chi connectivity index (χ4n) is 2.69. The number of benzene rings is 1. The van der Waals surface area contributed by atoms with Crippen LogP contribution >= 0.6 is 0 Å². The summed E-state index contributed by atoms with van der Waals surface area (Å²) in [5.74, 6) is 0. The molecule has 1 aliphatic heterocycles. The quantitative estimate of drug-likeness (QED) is 0.846. The van der Waals surface area contributed by atoms with Gasteiger partial charge < -0.3 is 4.74 Å². The lowest BCUT2D eigenvalue weighted by Crippen LogP contribution is -2.44. The zero-order chi connectivity index (χ0) is 15.6. The number of sulfonamides is 1. The van der Waals surface area contributed by atoms with E-state index in [1.165, 1.54) is 4.31 Å². The highest BCUT2D eigenvalue weighted by Crippen LogP contribution is 2.18. The topological polar surface area (TPSA) is 49.9 Å². The molecule has 0 aromatic heterocycles. The third-order valence-corrected chi connectivity index (χ3v) is 5.39. The number of nitrogens with zero attached hydrogens (tertiary/aromatic N) is 2. The molecule has 118 valence electrons. The summed E-state index contributed by atoms with van der Waals surface area (Å²) in [6.07, 6.45) is 0.421. The molecule has 1 aromatic rings. The van der Waals surface area contributed by atoms with Crippen LogP contribution in [0.3, 0.4) is 0 Å². The van der Waals surface area contributed by atoms with Crippen LogP contribution in [0.15, 0.2) is 29.2 Å². The van der Waals surface area contributed by atoms with E-state index >= 15 is 0 Å². The molecule has 2 rings (SSSR count). The second kappa shape index (κ2) is 6.44. The lowest BCUT2D eigenvalue weighted by Gasteiger charge is -2.35. The van der Waals surface area contributed by atoms with E-state index in [9.17, 15) is 8.42 Å². The van der Waals surface area contributed by atoms with Crippen molar-refractivity contribution in [1.29, 1.82) is 0 Å². The number of morpholine rings is 1. The Morgan fingerprint density at radius 2 is 1.86 bits per heavy atom. The van der Waals surface area contributed by atoms with E-state index in [1.807, 2.05) is 6.07 Å². The van der Waals surface area contributed by atoms with Crippen LogP contribution < -0.4 is 0 Å². The second-order valence-electron chi connectivity index (χ2n) is 5.89. The van der Waals surface area contributed by atoms with Gasteiger partial charge in [-0.05, 0) is 31.5 Å². The third-order valence-electron chi connectivity index (χ3n) is 3.58. The van der Waals surface area contributed by atoms with Crippen molar-refractivity contribution in [2.24, 2.45) is 0 Å². The predicted octanol–water partition coefficient (Wildman–Crippen LogP) is 1.55. The first-order valence-electron chi connectivity index (χ1n) is 7.18. The number of rotatable bonds is 4. The Labute approximate surface area is 127 Å². The lowest BCUT2D eigenvalue weighted by molar-refractivity contribution is -0.0705. The normalized spacial score (nSPS) is 24.4. The van der Waals surface area contributed by atoms with Gasteiger partial charge in [-0.15, -0.1) is 0 Å². The molecule has 1 fully saturated rings. The van der Waals surface area contributed by atoms with Crippen LogP contribution in [0, 0.1) is 0 Å². The van der Waals surface area contributed by atoms with Crippen molar-refractivity contribution in [2.75, 3.05) is 27.2 Å². The summed E-state index contributed by atoms with van der Waals surface area (Å²) in [6.45, 7) is 6.62. The van der Waals surface area contributed by atoms with Crippen LogP contribution in [0.4, 0.5) is 0 Å². The van der Waals surface area contributed by atoms with Crippen LogP contribution in [-0.2, 0) is 21.3 Å². The average molecular weight is 312 g/mol. The van der Waals surface area contributed by atoms with Crippen molar-refractivity contribution in [3.8, 4) is 0 Å². The van der Waals surface area contributed by atoms with E-state index < -0.39 is 10.0 Å². The summed E-state index contributed by atoms with van der Waals surface area (Å²) in [5, 5.41) is 0. The Morgan fingerprint density at radius 3 is 2.43 bits per heavy atom. The van der Waals surface area contributed by atoms with E-state index in [1.54, 1.807) is 32.3 Å². The van der Waals surface area contributed by atoms with Crippen molar-refractivity contribution in [2.45, 2.75) is 37.5 Å². The third kappa shape index (κ3) is 4.03. The number of ether oxygens (including phenoxy) is 1. The molecule has 0 saturated carbocycles. The molecule has 0 N–H and O–H groups in total. The molecular formula is C15H24N2O3S. The van der Waals surface area contributed by atoms with E-state index in [-0.39, 0.29) is 12.2 Å². The molecule has 1 aromatic carbocycles. The van der Waals surface area contributed by atoms with Crippen molar-refractivity contribution >= 4 is 10.0 Å². The molecule has 0 spiro atoms. The molecule has 0 aliphatic carbocycles. The molecule has 0 bridgehead atoms. The van der Waals surface area contributed by atoms with Gasteiger partial charge in [0.15, 0.2) is 0 Å². The fraction of sp³-hybridized carbons (Fsp3) is 0.600. The summed E-state index contributed by atoms with van der Waals surface area (Å²) < 4.78 is 31.3. The minimum Gasteiger partial charge on any atom is -0.373 e. The van der Waals surface area contributed by atoms with E-state index in [2.05, 4.69) is 18.7 Å². The molecule has 0 radical (unpaired) electrons. The van der Waals surface area contributed by atoms with E-state index in [0.717, 1.165) is 25.2 Å². The fourth-order valence-corrected chi connectivity index (χ4v) is 3.66. The Kier molecular flexibility index (Phi) is 5.03. The predicted molar refractivity (Wildman–Crippen MR) is 82.6 cm³/mol. The summed E-state index contributed by atoms with van der Waals surface area (Å²) in [7, 11) is -0.274. The molecule has 21 heavy (non-hydrogen) atoms. The average Bonchev–Trinajstić information content (AvgIpc) is 2.37. The molecule has 1 aliphatic rings. The smallest absolute Gasteiger partial charge is 0.242 e. The lowest BCUT2D eigenvalue weighted by atomic mass is 10.1. The van der Waals surface area contributed by atoms with Crippen molar-refractivity contribution in [3.05, 3.63) is 29.8 Å². The maximum Gasteiger partial charge on any atom is 0.242 e. The van der Waals surface area contributed by atoms with Gasteiger partial charge in [-0.25, -0.2) is 12.7 Å². The molecule has 2 unspecified atom stereocenters. The SMILES string of the molecule is CC1CN(Cc2cccc(S(=O)(=O)N(C)C)c2)CC(C)O1. The first-order chi connectivity index (χ1) is 9.79. The van der Waals surface area contributed by atoms with Gasteiger partial charge in [0.25, 0.3) is 0 Å². The summed E-state index contributed by atoms with van der Waals surface area (Å²) >= 11 is 0. The molecule has 6 heteroatoms. The summed E-state index contributed by atoms with van der Waals surface area (Å²) in [5.41, 5.74) is 1.01. The summed E-state index contributed by atoms with van der Waals surface area (Å²) in [6, 6.07) is 7.18. The Bertz CT molecular complexity index is 576. The standard InChI is InChI=1S/C15H24N2O3S/c1-12-9-17(10-13(2)20-12)11-14-6-5-7-15(8-14)21(18,19)16(3)4/h5-8,12-13H,9-11H2,1-4H3. The molecule has 2 atom stereocenters. The van der Waals surface area contributed by atoms with Crippen molar-refractivity contribution in [3.63, 3.8) is 0 Å². The maximum absolute atomic E-state index is 12.2. The first-order valence-corrected chi connectivity index (χ1v) is 8.62. The van der Waals surface area contributed by atoms with Gasteiger partial charge in [0, 0.05) is 33.7 Å². The molecular weight excluding hydrogens is 288 g/mol. The minimum atomic E-state index is -3.37. The highest BCUT2D eigenvalue weighted by Gasteiger charge is 2.23. The van der Waals surface area contributed by atoms with Gasteiger partial charge >= 0.3 is 0 Å². The van der Waals surface area contributed by atoms with Gasteiger partial charge in [-0.3, -0.25) is 4.90 Å². The van der Waals surface area contributed by atoms with E-state index in [4.69, 9.17) is 4.74 Å². The van der Waals surface area contributed by atoms with Crippen LogP contribution in [0.1, 0.15) is 19.4 Å². The van der Waals surface area contributed by atoms with Gasteiger partial charge in [0.2, 0.25) is 10.0 Å². The van der Waals surface area contributed by atoms with Crippen LogP contribution in [-0.4, -0.2) is 57.0 Å². The minimum absolute atomic E-state index is 0.211. The number of hydrogen-bond acceptors (Lipinski definition) is 4. The largest absolute Gasteiger partial charge is 0.373 e.